The molecular weight excluding hydrogens is 176 g/mol. The van der Waals surface area contributed by atoms with E-state index in [2.05, 4.69) is 5.01 Å². The largest absolute Gasteiger partial charge is 0.273 e. The summed E-state index contributed by atoms with van der Waals surface area (Å²) in [5, 5.41) is 3.82. The maximum Gasteiger partial charge on any atom is 0.238 e. The van der Waals surface area contributed by atoms with E-state index in [1.54, 1.807) is 11.9 Å². The Morgan fingerprint density at radius 3 is 2.36 bits per heavy atom. The molecule has 14 heavy (non-hydrogen) atoms. The molecule has 1 aromatic rings. The molecule has 1 saturated heterocycles. The average Bonchev–Trinajstić information content (AvgIpc) is 2.12. The minimum absolute atomic E-state index is 0.0795. The van der Waals surface area contributed by atoms with Crippen molar-refractivity contribution in [3.8, 4) is 0 Å². The molecule has 1 aliphatic heterocycles. The molecule has 0 saturated carbocycles. The number of carbonyl (C=O) groups is 1. The first-order chi connectivity index (χ1) is 6.79. The highest BCUT2D eigenvalue weighted by Gasteiger charge is 2.24. The van der Waals surface area contributed by atoms with Crippen molar-refractivity contribution in [2.24, 2.45) is 0 Å². The van der Waals surface area contributed by atoms with Crippen molar-refractivity contribution in [1.82, 2.24) is 5.01 Å². The first-order valence-corrected chi connectivity index (χ1v) is 4.89. The molecule has 3 nitrogen and oxygen atoms in total. The van der Waals surface area contributed by atoms with Crippen LogP contribution in [0.25, 0.3) is 0 Å². The highest BCUT2D eigenvalue weighted by Crippen LogP contribution is 2.20. The van der Waals surface area contributed by atoms with Crippen molar-refractivity contribution in [1.29, 1.82) is 0 Å². The lowest BCUT2D eigenvalue weighted by Gasteiger charge is -2.40. The Balaban J connectivity index is 2.22. The van der Waals surface area contributed by atoms with Crippen LogP contribution < -0.4 is 5.01 Å². The van der Waals surface area contributed by atoms with Gasteiger partial charge >= 0.3 is 0 Å². The van der Waals surface area contributed by atoms with Crippen LogP contribution in [-0.4, -0.2) is 24.0 Å². The number of amides is 1. The van der Waals surface area contributed by atoms with Crippen molar-refractivity contribution in [2.75, 3.05) is 18.1 Å². The third kappa shape index (κ3) is 1.63. The third-order valence-electron chi connectivity index (χ3n) is 2.41. The first-order valence-electron chi connectivity index (χ1n) is 4.89. The van der Waals surface area contributed by atoms with E-state index in [1.165, 1.54) is 6.42 Å². The lowest BCUT2D eigenvalue weighted by molar-refractivity contribution is -0.120. The molecule has 1 amide bonds. The van der Waals surface area contributed by atoms with Gasteiger partial charge in [0, 0.05) is 20.0 Å². The monoisotopic (exact) mass is 190 g/mol. The van der Waals surface area contributed by atoms with E-state index < -0.39 is 0 Å². The Morgan fingerprint density at radius 2 is 1.93 bits per heavy atom. The molecule has 1 fully saturated rings. The van der Waals surface area contributed by atoms with E-state index in [1.807, 2.05) is 30.3 Å². The minimum Gasteiger partial charge on any atom is -0.273 e. The molecule has 0 N–H and O–H groups in total. The predicted molar refractivity (Wildman–Crippen MR) is 55.8 cm³/mol. The van der Waals surface area contributed by atoms with Gasteiger partial charge in [0.05, 0.1) is 5.69 Å². The number of rotatable bonds is 2. The van der Waals surface area contributed by atoms with Gasteiger partial charge in [-0.05, 0) is 18.6 Å². The molecule has 0 aromatic heterocycles. The summed E-state index contributed by atoms with van der Waals surface area (Å²) in [4.78, 5) is 11.5. The number of benzene rings is 1. The summed E-state index contributed by atoms with van der Waals surface area (Å²) < 4.78 is 0. The van der Waals surface area contributed by atoms with Gasteiger partial charge in [0.15, 0.2) is 0 Å². The fraction of sp³-hybridized carbons (Fsp3) is 0.364. The fourth-order valence-corrected chi connectivity index (χ4v) is 1.61. The number of carbonyl (C=O) groups excluding carboxylic acids is 1. The van der Waals surface area contributed by atoms with Gasteiger partial charge in [0.2, 0.25) is 5.91 Å². The van der Waals surface area contributed by atoms with Crippen LogP contribution in [0.15, 0.2) is 30.3 Å². The Labute approximate surface area is 83.9 Å². The lowest BCUT2D eigenvalue weighted by atomic mass is 10.2. The summed E-state index contributed by atoms with van der Waals surface area (Å²) in [7, 11) is 0. The van der Waals surface area contributed by atoms with Gasteiger partial charge in [-0.2, -0.15) is 0 Å². The van der Waals surface area contributed by atoms with E-state index in [4.69, 9.17) is 0 Å². The zero-order valence-corrected chi connectivity index (χ0v) is 8.31. The van der Waals surface area contributed by atoms with Crippen molar-refractivity contribution < 1.29 is 4.79 Å². The van der Waals surface area contributed by atoms with Crippen molar-refractivity contribution in [2.45, 2.75) is 13.3 Å². The SMILES string of the molecule is CC(=O)N(c1ccccc1)N1CCC1. The summed E-state index contributed by atoms with van der Waals surface area (Å²) in [6, 6.07) is 9.77. The van der Waals surface area contributed by atoms with E-state index >= 15 is 0 Å². The van der Waals surface area contributed by atoms with Gasteiger partial charge < -0.3 is 0 Å². The molecule has 0 atom stereocenters. The fourth-order valence-electron chi connectivity index (χ4n) is 1.61. The maximum atomic E-state index is 11.5. The Morgan fingerprint density at radius 1 is 1.29 bits per heavy atom. The van der Waals surface area contributed by atoms with Gasteiger partial charge in [-0.15, -0.1) is 0 Å². The first kappa shape index (κ1) is 9.21. The van der Waals surface area contributed by atoms with Gasteiger partial charge in [0.1, 0.15) is 0 Å². The van der Waals surface area contributed by atoms with E-state index in [0.29, 0.717) is 0 Å². The molecule has 0 bridgehead atoms. The molecule has 3 heteroatoms. The normalized spacial score (nSPS) is 16.1. The Bertz CT molecular complexity index is 319. The van der Waals surface area contributed by atoms with Crippen molar-refractivity contribution in [3.05, 3.63) is 30.3 Å². The van der Waals surface area contributed by atoms with Gasteiger partial charge in [-0.1, -0.05) is 18.2 Å². The second-order valence-corrected chi connectivity index (χ2v) is 3.47. The molecule has 1 aromatic carbocycles. The molecule has 2 rings (SSSR count). The molecule has 74 valence electrons. The minimum atomic E-state index is 0.0795. The van der Waals surface area contributed by atoms with Gasteiger partial charge in [-0.3, -0.25) is 4.79 Å². The lowest BCUT2D eigenvalue weighted by Crippen LogP contribution is -2.52. The highest BCUT2D eigenvalue weighted by molar-refractivity contribution is 5.90. The molecule has 0 aliphatic carbocycles. The average molecular weight is 190 g/mol. The van der Waals surface area contributed by atoms with Gasteiger partial charge in [-0.25, -0.2) is 10.0 Å². The van der Waals surface area contributed by atoms with Crippen molar-refractivity contribution >= 4 is 11.6 Å². The van der Waals surface area contributed by atoms with E-state index in [0.717, 1.165) is 18.8 Å². The van der Waals surface area contributed by atoms with Crippen molar-refractivity contribution in [3.63, 3.8) is 0 Å². The summed E-state index contributed by atoms with van der Waals surface area (Å²) in [5.41, 5.74) is 0.958. The number of hydrogen-bond donors (Lipinski definition) is 0. The summed E-state index contributed by atoms with van der Waals surface area (Å²) >= 11 is 0. The van der Waals surface area contributed by atoms with Crippen LogP contribution in [0.2, 0.25) is 0 Å². The van der Waals surface area contributed by atoms with Crippen LogP contribution in [0, 0.1) is 0 Å². The maximum absolute atomic E-state index is 11.5. The number of anilines is 1. The van der Waals surface area contributed by atoms with E-state index in [9.17, 15) is 4.79 Å². The molecule has 0 spiro atoms. The number of hydrazine groups is 1. The van der Waals surface area contributed by atoms with Crippen LogP contribution >= 0.6 is 0 Å². The second kappa shape index (κ2) is 3.80. The van der Waals surface area contributed by atoms with Crippen LogP contribution in [-0.2, 0) is 4.79 Å². The topological polar surface area (TPSA) is 23.6 Å². The zero-order chi connectivity index (χ0) is 9.97. The van der Waals surface area contributed by atoms with Crippen LogP contribution in [0.5, 0.6) is 0 Å². The molecule has 1 heterocycles. The molecule has 0 radical (unpaired) electrons. The molecule has 1 aliphatic rings. The molecular formula is C11H14N2O. The highest BCUT2D eigenvalue weighted by atomic mass is 16.2. The van der Waals surface area contributed by atoms with E-state index in [-0.39, 0.29) is 5.91 Å². The summed E-state index contributed by atoms with van der Waals surface area (Å²) in [5.74, 6) is 0.0795. The smallest absolute Gasteiger partial charge is 0.238 e. The summed E-state index contributed by atoms with van der Waals surface area (Å²) in [6.07, 6.45) is 1.18. The predicted octanol–water partition coefficient (Wildman–Crippen LogP) is 1.66. The van der Waals surface area contributed by atoms with Gasteiger partial charge in [0.25, 0.3) is 0 Å². The quantitative estimate of drug-likeness (QED) is 0.708. The number of hydrogen-bond acceptors (Lipinski definition) is 2. The summed E-state index contributed by atoms with van der Waals surface area (Å²) in [6.45, 7) is 3.56. The van der Waals surface area contributed by atoms with Crippen LogP contribution in [0.3, 0.4) is 0 Å². The third-order valence-corrected chi connectivity index (χ3v) is 2.41. The number of para-hydroxylation sites is 1. The second-order valence-electron chi connectivity index (χ2n) is 3.47. The van der Waals surface area contributed by atoms with Crippen LogP contribution in [0.1, 0.15) is 13.3 Å². The Hall–Kier alpha value is -1.35. The van der Waals surface area contributed by atoms with Crippen LogP contribution in [0.4, 0.5) is 5.69 Å². The zero-order valence-electron chi connectivity index (χ0n) is 8.31. The molecule has 0 unspecified atom stereocenters. The number of nitrogens with zero attached hydrogens (tertiary/aromatic N) is 2. The Kier molecular flexibility index (Phi) is 2.50. The standard InChI is InChI=1S/C11H14N2O/c1-10(14)13(12-8-5-9-12)11-6-3-2-4-7-11/h2-4,6-7H,5,8-9H2,1H3.